The van der Waals surface area contributed by atoms with Crippen LogP contribution in [0.5, 0.6) is 0 Å². The van der Waals surface area contributed by atoms with E-state index in [0.29, 0.717) is 24.1 Å². The van der Waals surface area contributed by atoms with Crippen molar-refractivity contribution < 1.29 is 19.4 Å². The Morgan fingerprint density at radius 1 is 1.30 bits per heavy atom. The number of hydrogen-bond acceptors (Lipinski definition) is 4. The average molecular weight is 274 g/mol. The molecule has 1 aromatic carbocycles. The van der Waals surface area contributed by atoms with E-state index in [0.717, 1.165) is 0 Å². The van der Waals surface area contributed by atoms with Crippen molar-refractivity contribution in [1.82, 2.24) is 0 Å². The van der Waals surface area contributed by atoms with Crippen molar-refractivity contribution in [2.24, 2.45) is 0 Å². The third kappa shape index (κ3) is 2.78. The summed E-state index contributed by atoms with van der Waals surface area (Å²) in [6.07, 6.45) is -0.890. The van der Waals surface area contributed by atoms with Gasteiger partial charge in [-0.1, -0.05) is 0 Å². The number of amides is 1. The van der Waals surface area contributed by atoms with E-state index in [1.165, 1.54) is 4.90 Å². The minimum Gasteiger partial charge on any atom is -0.479 e. The predicted molar refractivity (Wildman–Crippen MR) is 70.1 cm³/mol. The van der Waals surface area contributed by atoms with E-state index in [-0.39, 0.29) is 5.91 Å². The van der Waals surface area contributed by atoms with Gasteiger partial charge in [0.1, 0.15) is 6.10 Å². The molecule has 6 heteroatoms. The van der Waals surface area contributed by atoms with Gasteiger partial charge in [-0.3, -0.25) is 4.79 Å². The lowest BCUT2D eigenvalue weighted by Gasteiger charge is -2.21. The lowest BCUT2D eigenvalue weighted by atomic mass is 10.1. The lowest BCUT2D eigenvalue weighted by Crippen LogP contribution is -2.37. The van der Waals surface area contributed by atoms with Gasteiger partial charge in [-0.2, -0.15) is 5.26 Å². The normalized spacial score (nSPS) is 21.2. The van der Waals surface area contributed by atoms with E-state index in [1.54, 1.807) is 31.3 Å². The first kappa shape index (κ1) is 14.0. The number of carbonyl (C=O) groups is 2. The maximum atomic E-state index is 12.2. The number of ether oxygens (including phenoxy) is 1. The molecule has 1 aliphatic heterocycles. The molecule has 1 heterocycles. The molecule has 20 heavy (non-hydrogen) atoms. The van der Waals surface area contributed by atoms with Gasteiger partial charge >= 0.3 is 5.97 Å². The summed E-state index contributed by atoms with van der Waals surface area (Å²) in [6.45, 7) is 0. The van der Waals surface area contributed by atoms with Gasteiger partial charge < -0.3 is 14.7 Å². The van der Waals surface area contributed by atoms with Crippen LogP contribution in [0.2, 0.25) is 0 Å². The number of anilines is 1. The van der Waals surface area contributed by atoms with Gasteiger partial charge in [0, 0.05) is 12.7 Å². The molecule has 1 saturated heterocycles. The van der Waals surface area contributed by atoms with E-state index >= 15 is 0 Å². The molecule has 1 aromatic rings. The molecule has 1 fully saturated rings. The van der Waals surface area contributed by atoms with E-state index in [2.05, 4.69) is 0 Å². The minimum atomic E-state index is -1.04. The maximum Gasteiger partial charge on any atom is 0.332 e. The molecular weight excluding hydrogens is 260 g/mol. The first-order valence-corrected chi connectivity index (χ1v) is 6.19. The number of rotatable bonds is 3. The van der Waals surface area contributed by atoms with Crippen molar-refractivity contribution >= 4 is 17.6 Å². The van der Waals surface area contributed by atoms with Crippen LogP contribution in [0.3, 0.4) is 0 Å². The van der Waals surface area contributed by atoms with Gasteiger partial charge in [0.05, 0.1) is 11.6 Å². The van der Waals surface area contributed by atoms with Crippen molar-refractivity contribution in [2.75, 3.05) is 11.9 Å². The van der Waals surface area contributed by atoms with E-state index in [4.69, 9.17) is 15.1 Å². The second kappa shape index (κ2) is 5.72. The Hall–Kier alpha value is -2.39. The van der Waals surface area contributed by atoms with Crippen LogP contribution < -0.4 is 4.90 Å². The van der Waals surface area contributed by atoms with E-state index in [9.17, 15) is 9.59 Å². The number of nitriles is 1. The molecule has 0 aromatic heterocycles. The number of hydrogen-bond donors (Lipinski definition) is 1. The standard InChI is InChI=1S/C14H14N2O4/c1-16(10-4-2-9(8-15)3-5-10)13(17)11-6-7-12(20-11)14(18)19/h2-5,11-12H,6-7H2,1H3,(H,18,19). The Kier molecular flexibility index (Phi) is 4.01. The van der Waals surface area contributed by atoms with Gasteiger partial charge in [-0.05, 0) is 37.1 Å². The van der Waals surface area contributed by atoms with Gasteiger partial charge in [0.2, 0.25) is 0 Å². The van der Waals surface area contributed by atoms with E-state index < -0.39 is 18.2 Å². The number of nitrogens with zero attached hydrogens (tertiary/aromatic N) is 2. The predicted octanol–water partition coefficient (Wildman–Crippen LogP) is 1.15. The van der Waals surface area contributed by atoms with Gasteiger partial charge in [0.25, 0.3) is 5.91 Å². The molecule has 0 spiro atoms. The molecule has 0 bridgehead atoms. The molecule has 6 nitrogen and oxygen atoms in total. The van der Waals surface area contributed by atoms with Crippen molar-refractivity contribution in [3.05, 3.63) is 29.8 Å². The molecule has 0 aliphatic carbocycles. The third-order valence-electron chi connectivity index (χ3n) is 3.28. The van der Waals surface area contributed by atoms with Crippen molar-refractivity contribution in [3.63, 3.8) is 0 Å². The summed E-state index contributed by atoms with van der Waals surface area (Å²) in [4.78, 5) is 24.4. The summed E-state index contributed by atoms with van der Waals surface area (Å²) < 4.78 is 5.23. The Morgan fingerprint density at radius 3 is 2.40 bits per heavy atom. The van der Waals surface area contributed by atoms with Crippen LogP contribution in [0.4, 0.5) is 5.69 Å². The number of carbonyl (C=O) groups excluding carboxylic acids is 1. The smallest absolute Gasteiger partial charge is 0.332 e. The molecule has 1 N–H and O–H groups in total. The first-order chi connectivity index (χ1) is 9.52. The summed E-state index contributed by atoms with van der Waals surface area (Å²) >= 11 is 0. The summed E-state index contributed by atoms with van der Waals surface area (Å²) in [5, 5.41) is 17.6. The molecule has 2 rings (SSSR count). The lowest BCUT2D eigenvalue weighted by molar-refractivity contribution is -0.151. The number of carboxylic acid groups (broad SMARTS) is 1. The molecule has 0 radical (unpaired) electrons. The summed E-state index contributed by atoms with van der Waals surface area (Å²) in [5.41, 5.74) is 1.15. The van der Waals surface area contributed by atoms with Crippen LogP contribution in [-0.2, 0) is 14.3 Å². The highest BCUT2D eigenvalue weighted by Gasteiger charge is 2.36. The largest absolute Gasteiger partial charge is 0.479 e. The van der Waals surface area contributed by atoms with Crippen LogP contribution in [0.1, 0.15) is 18.4 Å². The average Bonchev–Trinajstić information content (AvgIpc) is 2.96. The molecule has 104 valence electrons. The highest BCUT2D eigenvalue weighted by atomic mass is 16.5. The van der Waals surface area contributed by atoms with Gasteiger partial charge in [-0.25, -0.2) is 4.79 Å². The van der Waals surface area contributed by atoms with E-state index in [1.807, 2.05) is 6.07 Å². The van der Waals surface area contributed by atoms with Crippen molar-refractivity contribution in [3.8, 4) is 6.07 Å². The Labute approximate surface area is 116 Å². The highest BCUT2D eigenvalue weighted by Crippen LogP contribution is 2.23. The SMILES string of the molecule is CN(C(=O)C1CCC(C(=O)O)O1)c1ccc(C#N)cc1. The van der Waals surface area contributed by atoms with Crippen LogP contribution in [0, 0.1) is 11.3 Å². The minimum absolute atomic E-state index is 0.279. The molecule has 2 unspecified atom stereocenters. The van der Waals surface area contributed by atoms with Crippen LogP contribution >= 0.6 is 0 Å². The van der Waals surface area contributed by atoms with Gasteiger partial charge in [-0.15, -0.1) is 0 Å². The highest BCUT2D eigenvalue weighted by molar-refractivity contribution is 5.96. The molecular formula is C14H14N2O4. The number of carboxylic acids is 1. The zero-order valence-electron chi connectivity index (χ0n) is 10.9. The fourth-order valence-corrected chi connectivity index (χ4v) is 2.10. The number of aliphatic carboxylic acids is 1. The van der Waals surface area contributed by atoms with Crippen LogP contribution in [0.25, 0.3) is 0 Å². The topological polar surface area (TPSA) is 90.6 Å². The van der Waals surface area contributed by atoms with Crippen LogP contribution in [0.15, 0.2) is 24.3 Å². The Balaban J connectivity index is 2.05. The first-order valence-electron chi connectivity index (χ1n) is 6.19. The zero-order valence-corrected chi connectivity index (χ0v) is 10.9. The molecule has 2 atom stereocenters. The fourth-order valence-electron chi connectivity index (χ4n) is 2.10. The monoisotopic (exact) mass is 274 g/mol. The fraction of sp³-hybridized carbons (Fsp3) is 0.357. The quantitative estimate of drug-likeness (QED) is 0.893. The van der Waals surface area contributed by atoms with Crippen LogP contribution in [-0.4, -0.2) is 36.2 Å². The molecule has 1 aliphatic rings. The summed E-state index contributed by atoms with van der Waals surface area (Å²) in [7, 11) is 1.60. The summed E-state index contributed by atoms with van der Waals surface area (Å²) in [6, 6.07) is 8.58. The molecule has 0 saturated carbocycles. The second-order valence-electron chi connectivity index (χ2n) is 4.58. The number of benzene rings is 1. The zero-order chi connectivity index (χ0) is 14.7. The summed E-state index contributed by atoms with van der Waals surface area (Å²) in [5.74, 6) is -1.32. The van der Waals surface area contributed by atoms with Gasteiger partial charge in [0.15, 0.2) is 6.10 Å². The third-order valence-corrected chi connectivity index (χ3v) is 3.28. The van der Waals surface area contributed by atoms with Crippen molar-refractivity contribution in [1.29, 1.82) is 5.26 Å². The Morgan fingerprint density at radius 2 is 1.90 bits per heavy atom. The van der Waals surface area contributed by atoms with Crippen molar-refractivity contribution in [2.45, 2.75) is 25.0 Å². The molecule has 1 amide bonds. The second-order valence-corrected chi connectivity index (χ2v) is 4.58. The Bertz CT molecular complexity index is 562. The number of likely N-dealkylation sites (N-methyl/N-ethyl adjacent to an activating group) is 1. The maximum absolute atomic E-state index is 12.2.